The number of unbranched alkanes of at least 4 members (excludes halogenated alkanes) is 3. The SMILES string of the molecule is CCCCCC.[Li][CH]=CC(=C)C. The zero-order chi connectivity index (χ0) is 9.82. The van der Waals surface area contributed by atoms with Crippen molar-refractivity contribution in [3.63, 3.8) is 0 Å². The van der Waals surface area contributed by atoms with E-state index in [1.807, 2.05) is 35.5 Å². The monoisotopic (exact) mass is 160 g/mol. The number of allylic oxidation sites excluding steroid dienone is 2. The van der Waals surface area contributed by atoms with Gasteiger partial charge in [-0.25, -0.2) is 0 Å². The molecule has 0 aliphatic heterocycles. The number of rotatable bonds is 4. The van der Waals surface area contributed by atoms with Gasteiger partial charge in [0, 0.05) is 0 Å². The van der Waals surface area contributed by atoms with Crippen molar-refractivity contribution >= 4 is 17.7 Å². The molecule has 0 saturated heterocycles. The summed E-state index contributed by atoms with van der Waals surface area (Å²) in [7, 11) is 0. The van der Waals surface area contributed by atoms with E-state index in [4.69, 9.17) is 0 Å². The van der Waals surface area contributed by atoms with Crippen LogP contribution in [-0.4, -0.2) is 17.7 Å². The van der Waals surface area contributed by atoms with E-state index in [-0.39, 0.29) is 0 Å². The first-order valence-corrected chi connectivity index (χ1v) is 4.97. The minimum atomic E-state index is 1.11. The summed E-state index contributed by atoms with van der Waals surface area (Å²) >= 11 is 1.98. The third kappa shape index (κ3) is 22.5. The predicted octanol–water partition coefficient (Wildman–Crippen LogP) is 3.83. The third-order valence-electron chi connectivity index (χ3n) is 1.41. The molecular formula is C11H21Li. The van der Waals surface area contributed by atoms with Crippen molar-refractivity contribution in [2.45, 2.75) is 46.5 Å². The van der Waals surface area contributed by atoms with Crippen LogP contribution in [0, 0.1) is 0 Å². The van der Waals surface area contributed by atoms with E-state index in [0.717, 1.165) is 5.57 Å². The summed E-state index contributed by atoms with van der Waals surface area (Å²) in [5.74, 6) is 0. The minimum absolute atomic E-state index is 1.11. The number of hydrogen-bond donors (Lipinski definition) is 0. The Morgan fingerprint density at radius 1 is 1.25 bits per heavy atom. The van der Waals surface area contributed by atoms with Gasteiger partial charge in [-0.2, -0.15) is 0 Å². The standard InChI is InChI=1S/C6H14.C5H7.Li/c1-3-5-6-4-2;1-4-5(2)3;/h3-6H2,1-2H3;1,4H,2H2,3H3;. The molecule has 0 radical (unpaired) electrons. The Bertz CT molecular complexity index is 110. The molecule has 0 unspecified atom stereocenters. The Morgan fingerprint density at radius 2 is 1.67 bits per heavy atom. The van der Waals surface area contributed by atoms with E-state index in [9.17, 15) is 0 Å². The molecule has 0 N–H and O–H groups in total. The van der Waals surface area contributed by atoms with Crippen molar-refractivity contribution in [2.75, 3.05) is 0 Å². The van der Waals surface area contributed by atoms with Crippen LogP contribution in [0.3, 0.4) is 0 Å². The van der Waals surface area contributed by atoms with Gasteiger partial charge in [-0.15, -0.1) is 0 Å². The fourth-order valence-electron chi connectivity index (χ4n) is 0.785. The summed E-state index contributed by atoms with van der Waals surface area (Å²) in [5, 5.41) is 0. The summed E-state index contributed by atoms with van der Waals surface area (Å²) < 4.78 is 1.97. The Labute approximate surface area is 87.3 Å². The van der Waals surface area contributed by atoms with E-state index in [2.05, 4.69) is 20.4 Å². The summed E-state index contributed by atoms with van der Waals surface area (Å²) in [5.41, 5.74) is 1.11. The third-order valence-corrected chi connectivity index (χ3v) is 1.41. The van der Waals surface area contributed by atoms with Crippen molar-refractivity contribution in [1.82, 2.24) is 0 Å². The van der Waals surface area contributed by atoms with Crippen LogP contribution in [0.2, 0.25) is 0 Å². The van der Waals surface area contributed by atoms with Gasteiger partial charge < -0.3 is 0 Å². The predicted molar refractivity (Wildman–Crippen MR) is 59.5 cm³/mol. The summed E-state index contributed by atoms with van der Waals surface area (Å²) in [6, 6.07) is 0. The second-order valence-corrected chi connectivity index (χ2v) is 3.05. The van der Waals surface area contributed by atoms with Gasteiger partial charge in [0.1, 0.15) is 0 Å². The fraction of sp³-hybridized carbons (Fsp3) is 0.636. The molecule has 0 heterocycles. The van der Waals surface area contributed by atoms with Crippen LogP contribution < -0.4 is 0 Å². The normalized spacial score (nSPS) is 9.42. The fourth-order valence-corrected chi connectivity index (χ4v) is 0.785. The second-order valence-electron chi connectivity index (χ2n) is 3.05. The molecule has 0 spiro atoms. The molecule has 0 amide bonds. The quantitative estimate of drug-likeness (QED) is 0.333. The van der Waals surface area contributed by atoms with Crippen LogP contribution in [0.25, 0.3) is 0 Å². The zero-order valence-corrected chi connectivity index (χ0v) is 9.19. The molecule has 0 aromatic heterocycles. The van der Waals surface area contributed by atoms with Gasteiger partial charge in [-0.1, -0.05) is 39.5 Å². The van der Waals surface area contributed by atoms with Crippen molar-refractivity contribution < 1.29 is 0 Å². The van der Waals surface area contributed by atoms with Crippen LogP contribution in [0.1, 0.15) is 46.5 Å². The molecule has 12 heavy (non-hydrogen) atoms. The van der Waals surface area contributed by atoms with E-state index >= 15 is 0 Å². The summed E-state index contributed by atoms with van der Waals surface area (Å²) in [6.07, 6.45) is 7.51. The average molecular weight is 160 g/mol. The van der Waals surface area contributed by atoms with E-state index < -0.39 is 0 Å². The maximum absolute atomic E-state index is 3.66. The van der Waals surface area contributed by atoms with E-state index in [0.29, 0.717) is 0 Å². The molecule has 66 valence electrons. The zero-order valence-electron chi connectivity index (χ0n) is 9.19. The van der Waals surface area contributed by atoms with Gasteiger partial charge in [0.2, 0.25) is 0 Å². The van der Waals surface area contributed by atoms with Crippen molar-refractivity contribution in [1.29, 1.82) is 0 Å². The van der Waals surface area contributed by atoms with Crippen LogP contribution in [0.5, 0.6) is 0 Å². The maximum atomic E-state index is 3.66. The van der Waals surface area contributed by atoms with E-state index in [1.165, 1.54) is 25.7 Å². The molecule has 0 bridgehead atoms. The summed E-state index contributed by atoms with van der Waals surface area (Å²) in [4.78, 5) is 0. The molecule has 0 aliphatic carbocycles. The van der Waals surface area contributed by atoms with Gasteiger partial charge in [0.05, 0.1) is 0 Å². The topological polar surface area (TPSA) is 0 Å². The molecule has 0 nitrogen and oxygen atoms in total. The molecular weight excluding hydrogens is 139 g/mol. The van der Waals surface area contributed by atoms with Gasteiger partial charge >= 0.3 is 47.6 Å². The molecule has 0 atom stereocenters. The average Bonchev–Trinajstić information content (AvgIpc) is 2.02. The molecule has 1 heteroatoms. The van der Waals surface area contributed by atoms with Gasteiger partial charge in [0.15, 0.2) is 0 Å². The summed E-state index contributed by atoms with van der Waals surface area (Å²) in [6.45, 7) is 10.1. The van der Waals surface area contributed by atoms with Crippen LogP contribution in [0.4, 0.5) is 0 Å². The first-order chi connectivity index (χ1) is 5.68. The van der Waals surface area contributed by atoms with Crippen molar-refractivity contribution in [2.24, 2.45) is 0 Å². The van der Waals surface area contributed by atoms with Gasteiger partial charge in [-0.05, 0) is 0 Å². The van der Waals surface area contributed by atoms with Crippen molar-refractivity contribution in [3.05, 3.63) is 23.0 Å². The van der Waals surface area contributed by atoms with Gasteiger partial charge in [-0.3, -0.25) is 0 Å². The second kappa shape index (κ2) is 13.7. The van der Waals surface area contributed by atoms with Crippen LogP contribution in [0.15, 0.2) is 23.0 Å². The first kappa shape index (κ1) is 14.6. The van der Waals surface area contributed by atoms with Crippen LogP contribution in [-0.2, 0) is 0 Å². The molecule has 0 aliphatic rings. The molecule has 0 saturated carbocycles. The molecule has 0 aromatic carbocycles. The molecule has 0 aromatic rings. The Hall–Kier alpha value is 0.0774. The van der Waals surface area contributed by atoms with Crippen LogP contribution >= 0.6 is 0 Å². The molecule has 0 rings (SSSR count). The first-order valence-electron chi connectivity index (χ1n) is 4.97. The number of hydrogen-bond acceptors (Lipinski definition) is 0. The van der Waals surface area contributed by atoms with E-state index in [1.54, 1.807) is 0 Å². The Morgan fingerprint density at radius 3 is 1.75 bits per heavy atom. The Kier molecular flexibility index (Phi) is 16.6. The molecule has 0 fully saturated rings. The Balaban J connectivity index is 0. The van der Waals surface area contributed by atoms with Crippen molar-refractivity contribution in [3.8, 4) is 0 Å². The van der Waals surface area contributed by atoms with Gasteiger partial charge in [0.25, 0.3) is 0 Å².